The summed E-state index contributed by atoms with van der Waals surface area (Å²) in [7, 11) is 0. The van der Waals surface area contributed by atoms with Crippen molar-refractivity contribution in [3.63, 3.8) is 0 Å². The summed E-state index contributed by atoms with van der Waals surface area (Å²) in [6.45, 7) is 0. The highest BCUT2D eigenvalue weighted by Crippen LogP contribution is 2.35. The average Bonchev–Trinajstić information content (AvgIpc) is 1.99. The van der Waals surface area contributed by atoms with E-state index in [0.717, 1.165) is 12.1 Å². The number of phenolic OH excluding ortho intramolecular Hbond substituents is 3. The van der Waals surface area contributed by atoms with Gasteiger partial charge in [0.1, 0.15) is 0 Å². The van der Waals surface area contributed by atoms with Crippen molar-refractivity contribution >= 4 is 5.97 Å². The molecule has 0 bridgehead atoms. The van der Waals surface area contributed by atoms with Crippen molar-refractivity contribution in [1.82, 2.24) is 0 Å². The molecule has 3 N–H and O–H groups in total. The Labute approximate surface area is 67.1 Å². The van der Waals surface area contributed by atoms with Crippen LogP contribution < -0.4 is 0 Å². The fourth-order valence-electron chi connectivity index (χ4n) is 0.722. The van der Waals surface area contributed by atoms with E-state index >= 15 is 0 Å². The maximum absolute atomic E-state index is 10.2. The minimum Gasteiger partial charge on any atom is -0.504 e. The normalized spacial score (nSPS) is 9.67. The molecule has 0 amide bonds. The summed E-state index contributed by atoms with van der Waals surface area (Å²) >= 11 is 0. The van der Waals surface area contributed by atoms with Crippen molar-refractivity contribution in [3.8, 4) is 17.2 Å². The molecule has 1 rings (SSSR count). The van der Waals surface area contributed by atoms with Crippen LogP contribution in [-0.2, 0) is 5.11 Å². The Kier molecular flexibility index (Phi) is 1.78. The average molecular weight is 169 g/mol. The summed E-state index contributed by atoms with van der Waals surface area (Å²) in [6, 6.07) is 1.56. The standard InChI is InChI=1S/C7H5O5/c8-4-1-3(7(11)12)2-5(9)6(4)10/h1-2,8-10H. The van der Waals surface area contributed by atoms with E-state index in [-0.39, 0.29) is 0 Å². The predicted octanol–water partition coefficient (Wildman–Crippen LogP) is 0.374. The first-order chi connectivity index (χ1) is 5.52. The molecule has 1 aromatic rings. The molecule has 0 aliphatic rings. The maximum Gasteiger partial charge on any atom is 0.386 e. The second-order valence-corrected chi connectivity index (χ2v) is 2.15. The molecule has 5 nitrogen and oxygen atoms in total. The van der Waals surface area contributed by atoms with Gasteiger partial charge >= 0.3 is 5.97 Å². The van der Waals surface area contributed by atoms with Gasteiger partial charge in [-0.1, -0.05) is 0 Å². The molecule has 0 fully saturated rings. The zero-order chi connectivity index (χ0) is 9.30. The van der Waals surface area contributed by atoms with Gasteiger partial charge in [-0.05, 0) is 12.1 Å². The topological polar surface area (TPSA) is 97.7 Å². The van der Waals surface area contributed by atoms with Crippen LogP contribution in [0, 0.1) is 0 Å². The Bertz CT molecular complexity index is 308. The second-order valence-electron chi connectivity index (χ2n) is 2.15. The summed E-state index contributed by atoms with van der Waals surface area (Å²) in [4.78, 5) is 10.2. The highest BCUT2D eigenvalue weighted by Gasteiger charge is 2.12. The van der Waals surface area contributed by atoms with Gasteiger partial charge in [0.2, 0.25) is 0 Å². The van der Waals surface area contributed by atoms with Crippen molar-refractivity contribution in [3.05, 3.63) is 17.7 Å². The molecule has 0 atom stereocenters. The number of benzene rings is 1. The van der Waals surface area contributed by atoms with E-state index in [0.29, 0.717) is 0 Å². The van der Waals surface area contributed by atoms with Gasteiger partial charge in [0.15, 0.2) is 17.2 Å². The third-order valence-electron chi connectivity index (χ3n) is 1.31. The largest absolute Gasteiger partial charge is 0.504 e. The molecular weight excluding hydrogens is 164 g/mol. The van der Waals surface area contributed by atoms with Crippen molar-refractivity contribution in [2.75, 3.05) is 0 Å². The summed E-state index contributed by atoms with van der Waals surface area (Å²) < 4.78 is 0. The SMILES string of the molecule is [O]C(=O)c1cc(O)c(O)c(O)c1. The fraction of sp³-hybridized carbons (Fsp3) is 0. The minimum absolute atomic E-state index is 0.400. The van der Waals surface area contributed by atoms with Crippen LogP contribution in [0.15, 0.2) is 12.1 Å². The maximum atomic E-state index is 10.2. The van der Waals surface area contributed by atoms with Gasteiger partial charge in [-0.2, -0.15) is 0 Å². The summed E-state index contributed by atoms with van der Waals surface area (Å²) in [5.74, 6) is -3.69. The van der Waals surface area contributed by atoms with Crippen LogP contribution in [0.25, 0.3) is 0 Å². The molecule has 63 valence electrons. The van der Waals surface area contributed by atoms with Crippen molar-refractivity contribution < 1.29 is 25.2 Å². The summed E-state index contributed by atoms with van der Waals surface area (Å²) in [5.41, 5.74) is -0.400. The lowest BCUT2D eigenvalue weighted by Gasteiger charge is -2.00. The zero-order valence-electron chi connectivity index (χ0n) is 5.81. The van der Waals surface area contributed by atoms with E-state index in [1.165, 1.54) is 0 Å². The number of aromatic hydroxyl groups is 3. The molecule has 0 heterocycles. The molecule has 0 unspecified atom stereocenters. The molecule has 0 saturated carbocycles. The van der Waals surface area contributed by atoms with Crippen molar-refractivity contribution in [2.24, 2.45) is 0 Å². The Balaban J connectivity index is 3.31. The molecule has 0 saturated heterocycles. The first-order valence-corrected chi connectivity index (χ1v) is 2.98. The first-order valence-electron chi connectivity index (χ1n) is 2.98. The highest BCUT2D eigenvalue weighted by atomic mass is 16.4. The van der Waals surface area contributed by atoms with Gasteiger partial charge in [-0.25, -0.2) is 9.90 Å². The van der Waals surface area contributed by atoms with E-state index < -0.39 is 28.8 Å². The molecule has 0 aliphatic carbocycles. The molecule has 12 heavy (non-hydrogen) atoms. The van der Waals surface area contributed by atoms with Crippen LogP contribution in [0.4, 0.5) is 0 Å². The minimum atomic E-state index is -1.54. The molecule has 5 heteroatoms. The molecule has 1 radical (unpaired) electrons. The summed E-state index contributed by atoms with van der Waals surface area (Å²) in [6.07, 6.45) is 0. The smallest absolute Gasteiger partial charge is 0.386 e. The monoisotopic (exact) mass is 169 g/mol. The number of rotatable bonds is 1. The van der Waals surface area contributed by atoms with E-state index in [1.54, 1.807) is 0 Å². The second kappa shape index (κ2) is 2.61. The van der Waals surface area contributed by atoms with Crippen LogP contribution in [0.3, 0.4) is 0 Å². The van der Waals surface area contributed by atoms with Gasteiger partial charge in [0.05, 0.1) is 5.56 Å². The Morgan fingerprint density at radius 1 is 1.08 bits per heavy atom. The lowest BCUT2D eigenvalue weighted by atomic mass is 10.2. The van der Waals surface area contributed by atoms with Crippen LogP contribution in [0.5, 0.6) is 17.2 Å². The van der Waals surface area contributed by atoms with Gasteiger partial charge in [0.25, 0.3) is 0 Å². The quantitative estimate of drug-likeness (QED) is 0.529. The van der Waals surface area contributed by atoms with Crippen LogP contribution in [-0.4, -0.2) is 21.3 Å². The highest BCUT2D eigenvalue weighted by molar-refractivity contribution is 5.89. The Hall–Kier alpha value is -1.91. The fourth-order valence-corrected chi connectivity index (χ4v) is 0.722. The number of phenols is 3. The molecule has 0 aromatic heterocycles. The van der Waals surface area contributed by atoms with Crippen molar-refractivity contribution in [2.45, 2.75) is 0 Å². The Morgan fingerprint density at radius 3 is 1.83 bits per heavy atom. The number of carbonyl (C=O) groups excluding carboxylic acids is 1. The van der Waals surface area contributed by atoms with E-state index in [1.807, 2.05) is 0 Å². The van der Waals surface area contributed by atoms with E-state index in [4.69, 9.17) is 15.3 Å². The third-order valence-corrected chi connectivity index (χ3v) is 1.31. The number of hydrogen-bond donors (Lipinski definition) is 3. The van der Waals surface area contributed by atoms with Crippen LogP contribution in [0.1, 0.15) is 10.4 Å². The first kappa shape index (κ1) is 8.19. The predicted molar refractivity (Wildman–Crippen MR) is 36.5 cm³/mol. The third kappa shape index (κ3) is 1.24. The van der Waals surface area contributed by atoms with Gasteiger partial charge in [-0.3, -0.25) is 0 Å². The molecule has 0 spiro atoms. The number of hydrogen-bond acceptors (Lipinski definition) is 4. The van der Waals surface area contributed by atoms with Gasteiger partial charge in [0, 0.05) is 0 Å². The lowest BCUT2D eigenvalue weighted by molar-refractivity contribution is 0.0572. The molecule has 1 aromatic carbocycles. The van der Waals surface area contributed by atoms with Crippen LogP contribution >= 0.6 is 0 Å². The number of carbonyl (C=O) groups is 1. The lowest BCUT2D eigenvalue weighted by Crippen LogP contribution is -1.93. The summed E-state index contributed by atoms with van der Waals surface area (Å²) in [5, 5.41) is 36.7. The van der Waals surface area contributed by atoms with Crippen molar-refractivity contribution in [1.29, 1.82) is 0 Å². The Morgan fingerprint density at radius 2 is 1.50 bits per heavy atom. The van der Waals surface area contributed by atoms with Gasteiger partial charge < -0.3 is 15.3 Å². The van der Waals surface area contributed by atoms with E-state index in [9.17, 15) is 9.90 Å². The molecule has 0 aliphatic heterocycles. The molecular formula is C7H5O5. The van der Waals surface area contributed by atoms with E-state index in [2.05, 4.69) is 0 Å². The zero-order valence-corrected chi connectivity index (χ0v) is 5.81. The van der Waals surface area contributed by atoms with Crippen LogP contribution in [0.2, 0.25) is 0 Å². The van der Waals surface area contributed by atoms with Gasteiger partial charge in [-0.15, -0.1) is 0 Å².